The van der Waals surface area contributed by atoms with Crippen molar-refractivity contribution in [2.45, 2.75) is 32.2 Å². The van der Waals surface area contributed by atoms with Crippen LogP contribution in [0.5, 0.6) is 0 Å². The zero-order chi connectivity index (χ0) is 19.5. The van der Waals surface area contributed by atoms with Gasteiger partial charge in [-0.1, -0.05) is 11.6 Å². The molecule has 1 saturated heterocycles. The van der Waals surface area contributed by atoms with Crippen LogP contribution in [-0.4, -0.2) is 40.1 Å². The van der Waals surface area contributed by atoms with Gasteiger partial charge in [0.05, 0.1) is 11.1 Å². The van der Waals surface area contributed by atoms with Gasteiger partial charge in [-0.05, 0) is 62.6 Å². The Morgan fingerprint density at radius 3 is 2.46 bits per heavy atom. The first kappa shape index (κ1) is 18.0. The number of hydrogen-bond donors (Lipinski definition) is 0. The SMILES string of the molecule is Cc1cc(N2CCN(c3cc(C)nc4cc(Cl)ccc34)CC23CC3)nc(Cl)n1. The third-order valence-electron chi connectivity index (χ3n) is 5.79. The predicted molar refractivity (Wildman–Crippen MR) is 115 cm³/mol. The summed E-state index contributed by atoms with van der Waals surface area (Å²) in [6.45, 7) is 6.80. The number of hydrogen-bond acceptors (Lipinski definition) is 5. The number of aryl methyl sites for hydroxylation is 2. The lowest BCUT2D eigenvalue weighted by Crippen LogP contribution is -2.55. The van der Waals surface area contributed by atoms with E-state index in [1.807, 2.05) is 32.0 Å². The molecule has 0 N–H and O–H groups in total. The van der Waals surface area contributed by atoms with Gasteiger partial charge in [0.2, 0.25) is 5.28 Å². The molecule has 0 unspecified atom stereocenters. The largest absolute Gasteiger partial charge is 0.367 e. The molecule has 3 heterocycles. The zero-order valence-corrected chi connectivity index (χ0v) is 17.4. The van der Waals surface area contributed by atoms with Crippen LogP contribution < -0.4 is 9.80 Å². The van der Waals surface area contributed by atoms with Crippen LogP contribution in [0.4, 0.5) is 11.5 Å². The summed E-state index contributed by atoms with van der Waals surface area (Å²) in [7, 11) is 0. The van der Waals surface area contributed by atoms with E-state index in [-0.39, 0.29) is 5.54 Å². The van der Waals surface area contributed by atoms with Crippen LogP contribution in [0.25, 0.3) is 10.9 Å². The standard InChI is InChI=1S/C21H21Cl2N5/c1-13-9-18(16-4-3-15(22)11-17(16)24-13)27-7-8-28(21(12-27)5-6-21)19-10-14(2)25-20(23)26-19/h3-4,9-11H,5-8,12H2,1-2H3. The highest BCUT2D eigenvalue weighted by molar-refractivity contribution is 6.31. The van der Waals surface area contributed by atoms with E-state index < -0.39 is 0 Å². The number of halogens is 2. The van der Waals surface area contributed by atoms with Crippen LogP contribution in [0.3, 0.4) is 0 Å². The molecular formula is C21H21Cl2N5. The van der Waals surface area contributed by atoms with Gasteiger partial charge >= 0.3 is 0 Å². The number of pyridine rings is 1. The van der Waals surface area contributed by atoms with Crippen molar-refractivity contribution < 1.29 is 0 Å². The van der Waals surface area contributed by atoms with E-state index in [1.54, 1.807) is 0 Å². The van der Waals surface area contributed by atoms with Crippen LogP contribution in [0.1, 0.15) is 24.2 Å². The number of anilines is 2. The predicted octanol–water partition coefficient (Wildman–Crippen LogP) is 4.81. The van der Waals surface area contributed by atoms with Gasteiger partial charge in [0, 0.05) is 53.2 Å². The Morgan fingerprint density at radius 2 is 1.71 bits per heavy atom. The quantitative estimate of drug-likeness (QED) is 0.564. The molecule has 5 rings (SSSR count). The van der Waals surface area contributed by atoms with Crippen LogP contribution in [0.15, 0.2) is 30.3 Å². The lowest BCUT2D eigenvalue weighted by atomic mass is 10.1. The summed E-state index contributed by atoms with van der Waals surface area (Å²) in [5.41, 5.74) is 4.23. The Hall–Kier alpha value is -2.11. The van der Waals surface area contributed by atoms with Gasteiger partial charge in [0.15, 0.2) is 0 Å². The number of aromatic nitrogens is 3. The first-order chi connectivity index (χ1) is 13.4. The molecule has 28 heavy (non-hydrogen) atoms. The second-order valence-electron chi connectivity index (χ2n) is 7.88. The molecule has 1 saturated carbocycles. The Bertz CT molecular complexity index is 1050. The van der Waals surface area contributed by atoms with E-state index in [0.29, 0.717) is 5.28 Å². The van der Waals surface area contributed by atoms with Crippen molar-refractivity contribution in [3.8, 4) is 0 Å². The van der Waals surface area contributed by atoms with E-state index in [4.69, 9.17) is 23.2 Å². The van der Waals surface area contributed by atoms with Crippen LogP contribution >= 0.6 is 23.2 Å². The van der Waals surface area contributed by atoms with Crippen molar-refractivity contribution in [3.63, 3.8) is 0 Å². The normalized spacial score (nSPS) is 18.1. The average Bonchev–Trinajstić information content (AvgIpc) is 3.39. The molecule has 0 radical (unpaired) electrons. The highest BCUT2D eigenvalue weighted by Crippen LogP contribution is 2.47. The zero-order valence-electron chi connectivity index (χ0n) is 15.9. The molecule has 0 bridgehead atoms. The molecule has 5 nitrogen and oxygen atoms in total. The van der Waals surface area contributed by atoms with Crippen molar-refractivity contribution in [1.82, 2.24) is 15.0 Å². The Morgan fingerprint density at radius 1 is 0.929 bits per heavy atom. The topological polar surface area (TPSA) is 45.2 Å². The summed E-state index contributed by atoms with van der Waals surface area (Å²) in [5.74, 6) is 0.942. The van der Waals surface area contributed by atoms with Crippen molar-refractivity contribution >= 4 is 45.6 Å². The molecule has 7 heteroatoms. The fraction of sp³-hybridized carbons (Fsp3) is 0.381. The Balaban J connectivity index is 1.50. The van der Waals surface area contributed by atoms with E-state index >= 15 is 0 Å². The monoisotopic (exact) mass is 413 g/mol. The lowest BCUT2D eigenvalue weighted by Gasteiger charge is -2.44. The molecule has 144 valence electrons. The number of rotatable bonds is 2. The van der Waals surface area contributed by atoms with E-state index in [2.05, 4.69) is 36.9 Å². The maximum atomic E-state index is 6.19. The number of fused-ring (bicyclic) bond motifs is 1. The molecule has 1 aromatic carbocycles. The average molecular weight is 414 g/mol. The van der Waals surface area contributed by atoms with Crippen LogP contribution in [-0.2, 0) is 0 Å². The minimum Gasteiger partial charge on any atom is -0.367 e. The number of piperazine rings is 1. The van der Waals surface area contributed by atoms with Crippen LogP contribution in [0.2, 0.25) is 10.3 Å². The summed E-state index contributed by atoms with van der Waals surface area (Å²) in [4.78, 5) is 18.3. The van der Waals surface area contributed by atoms with Gasteiger partial charge in [-0.25, -0.2) is 9.97 Å². The first-order valence-corrected chi connectivity index (χ1v) is 10.3. The van der Waals surface area contributed by atoms with Crippen molar-refractivity contribution in [3.05, 3.63) is 52.0 Å². The van der Waals surface area contributed by atoms with Crippen molar-refractivity contribution in [2.24, 2.45) is 0 Å². The molecule has 0 amide bonds. The fourth-order valence-electron chi connectivity index (χ4n) is 4.34. The molecule has 3 aromatic rings. The van der Waals surface area contributed by atoms with Gasteiger partial charge in [0.1, 0.15) is 5.82 Å². The minimum atomic E-state index is 0.123. The smallest absolute Gasteiger partial charge is 0.224 e. The molecular weight excluding hydrogens is 393 g/mol. The molecule has 2 aromatic heterocycles. The second kappa shape index (κ2) is 6.46. The Kier molecular flexibility index (Phi) is 4.14. The fourth-order valence-corrected chi connectivity index (χ4v) is 4.73. The third kappa shape index (κ3) is 3.07. The van der Waals surface area contributed by atoms with Gasteiger partial charge in [-0.3, -0.25) is 4.98 Å². The van der Waals surface area contributed by atoms with Gasteiger partial charge in [-0.15, -0.1) is 0 Å². The molecule has 2 aliphatic rings. The van der Waals surface area contributed by atoms with Gasteiger partial charge in [-0.2, -0.15) is 0 Å². The van der Waals surface area contributed by atoms with Crippen molar-refractivity contribution in [2.75, 3.05) is 29.4 Å². The minimum absolute atomic E-state index is 0.123. The highest BCUT2D eigenvalue weighted by atomic mass is 35.5. The Labute approximate surface area is 174 Å². The summed E-state index contributed by atoms with van der Waals surface area (Å²) in [5, 5.41) is 2.19. The summed E-state index contributed by atoms with van der Waals surface area (Å²) >= 11 is 12.3. The summed E-state index contributed by atoms with van der Waals surface area (Å²) in [6.07, 6.45) is 2.33. The molecule has 1 spiro atoms. The lowest BCUT2D eigenvalue weighted by molar-refractivity contribution is 0.505. The number of nitrogens with zero attached hydrogens (tertiary/aromatic N) is 5. The summed E-state index contributed by atoms with van der Waals surface area (Å²) in [6, 6.07) is 10.2. The van der Waals surface area contributed by atoms with E-state index in [1.165, 1.54) is 5.69 Å². The van der Waals surface area contributed by atoms with Crippen molar-refractivity contribution in [1.29, 1.82) is 0 Å². The maximum absolute atomic E-state index is 6.19. The molecule has 2 fully saturated rings. The second-order valence-corrected chi connectivity index (χ2v) is 8.65. The highest BCUT2D eigenvalue weighted by Gasteiger charge is 2.52. The third-order valence-corrected chi connectivity index (χ3v) is 6.19. The summed E-state index contributed by atoms with van der Waals surface area (Å²) < 4.78 is 0. The molecule has 1 aliphatic carbocycles. The first-order valence-electron chi connectivity index (χ1n) is 9.54. The molecule has 0 atom stereocenters. The molecule has 1 aliphatic heterocycles. The van der Waals surface area contributed by atoms with Gasteiger partial charge < -0.3 is 9.80 Å². The van der Waals surface area contributed by atoms with E-state index in [9.17, 15) is 0 Å². The van der Waals surface area contributed by atoms with E-state index in [0.717, 1.165) is 65.6 Å². The maximum Gasteiger partial charge on any atom is 0.224 e. The van der Waals surface area contributed by atoms with Gasteiger partial charge in [0.25, 0.3) is 0 Å². The van der Waals surface area contributed by atoms with Crippen LogP contribution in [0, 0.1) is 13.8 Å². The number of benzene rings is 1.